The highest BCUT2D eigenvalue weighted by Gasteiger charge is 2.28. The van der Waals surface area contributed by atoms with Crippen molar-refractivity contribution in [2.45, 2.75) is 19.3 Å². The van der Waals surface area contributed by atoms with E-state index in [2.05, 4.69) is 301 Å². The number of pyridine rings is 2. The fourth-order valence-electron chi connectivity index (χ4n) is 14.9. The van der Waals surface area contributed by atoms with Crippen LogP contribution in [0.4, 0.5) is 0 Å². The van der Waals surface area contributed by atoms with Gasteiger partial charge in [-0.15, -0.1) is 0 Å². The number of hydrogen-bond acceptors (Lipinski definition) is 2. The van der Waals surface area contributed by atoms with Crippen molar-refractivity contribution in [3.63, 3.8) is 0 Å². The monoisotopic (exact) mass is 1090 g/mol. The number of hydrogen-bond donors (Lipinski definition) is 0. The average Bonchev–Trinajstić information content (AvgIpc) is 2.48. The maximum Gasteiger partial charge on any atom is 0.142 e. The fourth-order valence-corrected chi connectivity index (χ4v) is 14.9. The summed E-state index contributed by atoms with van der Waals surface area (Å²) < 4.78 is 14.6. The smallest absolute Gasteiger partial charge is 0.142 e. The third kappa shape index (κ3) is 6.39. The van der Waals surface area contributed by atoms with Gasteiger partial charge in [0.25, 0.3) is 0 Å². The van der Waals surface area contributed by atoms with E-state index in [-0.39, 0.29) is 5.92 Å². The van der Waals surface area contributed by atoms with Crippen molar-refractivity contribution in [1.82, 2.24) is 37.4 Å². The Morgan fingerprint density at radius 2 is 0.612 bits per heavy atom. The quantitative estimate of drug-likeness (QED) is 0.167. The molecule has 8 heterocycles. The van der Waals surface area contributed by atoms with Crippen LogP contribution in [0.5, 0.6) is 0 Å². The van der Waals surface area contributed by atoms with Crippen LogP contribution in [-0.2, 0) is 0 Å². The van der Waals surface area contributed by atoms with Crippen molar-refractivity contribution >= 4 is 126 Å². The van der Waals surface area contributed by atoms with E-state index in [1.165, 1.54) is 59.7 Å². The lowest BCUT2D eigenvalue weighted by molar-refractivity contribution is 0.718. The van der Waals surface area contributed by atoms with Gasteiger partial charge in [0.1, 0.15) is 23.3 Å². The third-order valence-electron chi connectivity index (χ3n) is 18.4. The van der Waals surface area contributed by atoms with Gasteiger partial charge in [-0.25, -0.2) is 9.97 Å². The molecule has 1 unspecified atom stereocenters. The second-order valence-electron chi connectivity index (χ2n) is 22.9. The van der Waals surface area contributed by atoms with Gasteiger partial charge in [0.15, 0.2) is 0 Å². The minimum Gasteiger partial charge on any atom is -0.309 e. The summed E-state index contributed by atoms with van der Waals surface area (Å²) in [5, 5.41) is 13.1. The minimum atomic E-state index is 0.271. The molecule has 8 aromatic heterocycles. The lowest BCUT2D eigenvalue weighted by atomic mass is 9.93. The lowest BCUT2D eigenvalue weighted by Gasteiger charge is -2.21. The van der Waals surface area contributed by atoms with Crippen molar-refractivity contribution < 1.29 is 0 Å². The van der Waals surface area contributed by atoms with Crippen molar-refractivity contribution in [1.29, 1.82) is 0 Å². The summed E-state index contributed by atoms with van der Waals surface area (Å²) in [6.07, 6.45) is 5.61. The van der Waals surface area contributed by atoms with Gasteiger partial charge in [0.05, 0.1) is 72.1 Å². The molecule has 10 aromatic carbocycles. The molecule has 398 valence electrons. The van der Waals surface area contributed by atoms with E-state index in [0.717, 1.165) is 113 Å². The molecule has 1 atom stereocenters. The summed E-state index contributed by atoms with van der Waals surface area (Å²) in [5.41, 5.74) is 16.8. The van der Waals surface area contributed by atoms with E-state index >= 15 is 0 Å². The molecule has 0 radical (unpaired) electrons. The first-order valence-electron chi connectivity index (χ1n) is 29.4. The van der Waals surface area contributed by atoms with Crippen LogP contribution in [0.1, 0.15) is 30.5 Å². The molecule has 1 aliphatic carbocycles. The molecule has 0 fully saturated rings. The van der Waals surface area contributed by atoms with E-state index in [4.69, 9.17) is 9.97 Å². The Kier molecular flexibility index (Phi) is 9.50. The molecular formula is C77H50N8. The molecular weight excluding hydrogens is 1040 g/mol. The summed E-state index contributed by atoms with van der Waals surface area (Å²) >= 11 is 0. The molecule has 0 saturated carbocycles. The Morgan fingerprint density at radius 1 is 0.294 bits per heavy atom. The molecule has 19 rings (SSSR count). The predicted octanol–water partition coefficient (Wildman–Crippen LogP) is 19.4. The van der Waals surface area contributed by atoms with Crippen molar-refractivity contribution in [3.05, 3.63) is 272 Å². The normalized spacial score (nSPS) is 13.7. The number of rotatable bonds is 6. The maximum absolute atomic E-state index is 5.85. The first-order chi connectivity index (χ1) is 42.1. The van der Waals surface area contributed by atoms with Crippen LogP contribution in [-0.4, -0.2) is 37.4 Å². The number of aromatic nitrogens is 8. The number of benzene rings is 10. The molecule has 8 nitrogen and oxygen atoms in total. The summed E-state index contributed by atoms with van der Waals surface area (Å²) in [6.45, 7) is 2.36. The molecule has 0 aliphatic heterocycles. The Labute approximate surface area is 486 Å². The van der Waals surface area contributed by atoms with Crippen LogP contribution in [0.15, 0.2) is 261 Å². The molecule has 18 aromatic rings. The van der Waals surface area contributed by atoms with Gasteiger partial charge in [-0.1, -0.05) is 189 Å². The Morgan fingerprint density at radius 3 is 1.04 bits per heavy atom. The van der Waals surface area contributed by atoms with E-state index in [0.29, 0.717) is 0 Å². The van der Waals surface area contributed by atoms with Gasteiger partial charge in [0, 0.05) is 101 Å². The molecule has 8 heteroatoms. The zero-order valence-electron chi connectivity index (χ0n) is 46.3. The lowest BCUT2D eigenvalue weighted by Crippen LogP contribution is -2.11. The van der Waals surface area contributed by atoms with Crippen LogP contribution in [0, 0.1) is 0 Å². The molecule has 0 bridgehead atoms. The van der Waals surface area contributed by atoms with Crippen LogP contribution in [0.25, 0.3) is 161 Å². The Balaban J connectivity index is 0.943. The molecule has 85 heavy (non-hydrogen) atoms. The summed E-state index contributed by atoms with van der Waals surface area (Å²) in [6, 6.07) is 93.2. The Bertz CT molecular complexity index is 5640. The topological polar surface area (TPSA) is 55.4 Å². The predicted molar refractivity (Wildman–Crippen MR) is 353 cm³/mol. The maximum atomic E-state index is 5.85. The standard InChI is InChI=1S/C77H50N8/c1-47-21-20-31-58-56-28-9-18-39-68(56)85(76(47)58)74-46-49(45-73(79-74)84-66-37-16-6-26-54(66)55-27-7-17-38-67(55)84)81-61-32-11-8-29-57(61)59-41-42-70-75(77(59)81)60-30-10-19-40-69(60)80(70)48-43-71(82-62-33-12-2-22-50(62)51-23-3-13-34-63(51)82)78-72(44-48)83-64-35-14-4-24-52(64)53-25-5-15-36-65(53)83/h2-20,22-47H,21H2,1H3. The minimum absolute atomic E-state index is 0.271. The second kappa shape index (κ2) is 17.4. The first-order valence-corrected chi connectivity index (χ1v) is 29.4. The van der Waals surface area contributed by atoms with E-state index in [9.17, 15) is 0 Å². The summed E-state index contributed by atoms with van der Waals surface area (Å²) in [5.74, 6) is 3.66. The zero-order chi connectivity index (χ0) is 55.6. The highest BCUT2D eigenvalue weighted by molar-refractivity contribution is 6.26. The number of allylic oxidation sites excluding steroid dienone is 1. The highest BCUT2D eigenvalue weighted by atomic mass is 15.2. The molecule has 0 saturated heterocycles. The summed E-state index contributed by atoms with van der Waals surface area (Å²) in [4.78, 5) is 11.6. The second-order valence-corrected chi connectivity index (χ2v) is 22.9. The number of para-hydroxylation sites is 9. The highest BCUT2D eigenvalue weighted by Crippen LogP contribution is 2.46. The van der Waals surface area contributed by atoms with Crippen LogP contribution in [0.3, 0.4) is 0 Å². The molecule has 0 amide bonds. The number of fused-ring (bicyclic) bond motifs is 19. The van der Waals surface area contributed by atoms with Gasteiger partial charge in [-0.05, 0) is 67.1 Å². The first kappa shape index (κ1) is 46.4. The molecule has 0 N–H and O–H groups in total. The van der Waals surface area contributed by atoms with Gasteiger partial charge in [-0.2, -0.15) is 0 Å². The molecule has 1 aliphatic rings. The average molecular weight is 1090 g/mol. The van der Waals surface area contributed by atoms with Crippen LogP contribution >= 0.6 is 0 Å². The Hall–Kier alpha value is -11.2. The van der Waals surface area contributed by atoms with E-state index < -0.39 is 0 Å². The largest absolute Gasteiger partial charge is 0.309 e. The third-order valence-corrected chi connectivity index (χ3v) is 18.4. The fraction of sp³-hybridized carbons (Fsp3) is 0.0390. The zero-order valence-corrected chi connectivity index (χ0v) is 46.3. The van der Waals surface area contributed by atoms with Crippen molar-refractivity contribution in [2.24, 2.45) is 0 Å². The van der Waals surface area contributed by atoms with Crippen LogP contribution in [0.2, 0.25) is 0 Å². The van der Waals surface area contributed by atoms with E-state index in [1.807, 2.05) is 0 Å². The van der Waals surface area contributed by atoms with Gasteiger partial charge >= 0.3 is 0 Å². The van der Waals surface area contributed by atoms with Crippen molar-refractivity contribution in [3.8, 4) is 34.6 Å². The number of nitrogens with zero attached hydrogens (tertiary/aromatic N) is 8. The van der Waals surface area contributed by atoms with E-state index in [1.54, 1.807) is 0 Å². The molecule has 0 spiro atoms. The van der Waals surface area contributed by atoms with Gasteiger partial charge < -0.3 is 9.13 Å². The van der Waals surface area contributed by atoms with Gasteiger partial charge in [0.2, 0.25) is 0 Å². The van der Waals surface area contributed by atoms with Gasteiger partial charge in [-0.3, -0.25) is 18.3 Å². The van der Waals surface area contributed by atoms with Crippen molar-refractivity contribution in [2.75, 3.05) is 0 Å². The summed E-state index contributed by atoms with van der Waals surface area (Å²) in [7, 11) is 0. The SMILES string of the molecule is CC1CC=Cc2c1n(-c1cc(-n3c4ccccc4c4ccc5c(c6ccccc6n5-c5cc(-n6c7ccccc7c7ccccc76)nc(-n6c7ccccc7c7ccccc76)c5)c43)cc(-n3c4ccccc4c4ccccc43)n1)c1ccccc21. The van der Waals surface area contributed by atoms with Crippen LogP contribution < -0.4 is 0 Å².